The topological polar surface area (TPSA) is 49.4 Å². The van der Waals surface area contributed by atoms with Crippen LogP contribution in [0.15, 0.2) is 84.9 Å². The monoisotopic (exact) mass is 430 g/mol. The molecule has 1 fully saturated rings. The van der Waals surface area contributed by atoms with E-state index in [0.29, 0.717) is 31.5 Å². The highest BCUT2D eigenvalue weighted by Crippen LogP contribution is 2.31. The fraction of sp³-hybridized carbons (Fsp3) is 0.259. The minimum atomic E-state index is -0.347. The van der Waals surface area contributed by atoms with Gasteiger partial charge in [0.2, 0.25) is 11.8 Å². The molecule has 1 aliphatic rings. The molecular formula is C27H27FN2O2. The predicted octanol–water partition coefficient (Wildman–Crippen LogP) is 4.32. The molecule has 0 spiro atoms. The maximum atomic E-state index is 13.9. The quantitative estimate of drug-likeness (QED) is 0.633. The first-order valence-corrected chi connectivity index (χ1v) is 11.0. The van der Waals surface area contributed by atoms with E-state index in [1.807, 2.05) is 65.6 Å². The maximum absolute atomic E-state index is 13.9. The predicted molar refractivity (Wildman–Crippen MR) is 122 cm³/mol. The molecule has 1 aliphatic heterocycles. The summed E-state index contributed by atoms with van der Waals surface area (Å²) in [4.78, 5) is 27.9. The summed E-state index contributed by atoms with van der Waals surface area (Å²) in [6, 6.07) is 26.1. The summed E-state index contributed by atoms with van der Waals surface area (Å²) in [6.07, 6.45) is 0.966. The summed E-state index contributed by atoms with van der Waals surface area (Å²) in [5.74, 6) is -0.734. The number of carbonyl (C=O) groups excluding carboxylic acids is 2. The summed E-state index contributed by atoms with van der Waals surface area (Å²) in [6.45, 7) is 1.10. The number of nitrogens with zero attached hydrogens (tertiary/aromatic N) is 1. The van der Waals surface area contributed by atoms with Gasteiger partial charge in [-0.05, 0) is 23.6 Å². The summed E-state index contributed by atoms with van der Waals surface area (Å²) in [5.41, 5.74) is 2.53. The van der Waals surface area contributed by atoms with Crippen LogP contribution < -0.4 is 5.32 Å². The molecule has 3 aromatic rings. The molecule has 5 heteroatoms. The molecule has 3 aromatic carbocycles. The normalized spacial score (nSPS) is 18.2. The average Bonchev–Trinajstić information content (AvgIpc) is 2.84. The second-order valence-electron chi connectivity index (χ2n) is 8.31. The van der Waals surface area contributed by atoms with Crippen molar-refractivity contribution in [2.24, 2.45) is 5.92 Å². The Bertz CT molecular complexity index is 1060. The SMILES string of the molecule is O=C(NCc1ccccc1F)C1CC(c2ccccc2)CN(C(=O)Cc2ccccc2)C1. The standard InChI is InChI=1S/C27H27FN2O2/c28-25-14-8-7-13-22(25)17-29-27(32)24-16-23(21-11-5-2-6-12-21)18-30(19-24)26(31)15-20-9-3-1-4-10-20/h1-14,23-24H,15-19H2,(H,29,32). The van der Waals surface area contributed by atoms with Gasteiger partial charge < -0.3 is 10.2 Å². The first kappa shape index (κ1) is 21.8. The van der Waals surface area contributed by atoms with Gasteiger partial charge in [0.05, 0.1) is 12.3 Å². The Morgan fingerprint density at radius 3 is 2.25 bits per heavy atom. The van der Waals surface area contributed by atoms with Crippen LogP contribution in [0.1, 0.15) is 29.0 Å². The van der Waals surface area contributed by atoms with Gasteiger partial charge in [0.15, 0.2) is 0 Å². The van der Waals surface area contributed by atoms with E-state index in [1.54, 1.807) is 18.2 Å². The number of halogens is 1. The summed E-state index contributed by atoms with van der Waals surface area (Å²) < 4.78 is 13.9. The Hall–Kier alpha value is -3.47. The van der Waals surface area contributed by atoms with Gasteiger partial charge in [-0.2, -0.15) is 0 Å². The highest BCUT2D eigenvalue weighted by Gasteiger charge is 2.34. The Labute approximate surface area is 188 Å². The van der Waals surface area contributed by atoms with Crippen molar-refractivity contribution < 1.29 is 14.0 Å². The maximum Gasteiger partial charge on any atom is 0.227 e. The molecule has 4 rings (SSSR count). The number of piperidine rings is 1. The largest absolute Gasteiger partial charge is 0.352 e. The molecule has 4 nitrogen and oxygen atoms in total. The molecule has 0 bridgehead atoms. The van der Waals surface area contributed by atoms with Gasteiger partial charge in [-0.15, -0.1) is 0 Å². The highest BCUT2D eigenvalue weighted by atomic mass is 19.1. The van der Waals surface area contributed by atoms with Crippen LogP contribution in [0.3, 0.4) is 0 Å². The zero-order valence-corrected chi connectivity index (χ0v) is 17.9. The van der Waals surface area contributed by atoms with E-state index >= 15 is 0 Å². The van der Waals surface area contributed by atoms with Crippen LogP contribution in [0.2, 0.25) is 0 Å². The van der Waals surface area contributed by atoms with Crippen molar-refractivity contribution >= 4 is 11.8 Å². The third kappa shape index (κ3) is 5.41. The third-order valence-corrected chi connectivity index (χ3v) is 6.05. The van der Waals surface area contributed by atoms with E-state index in [-0.39, 0.29) is 36.0 Å². The number of likely N-dealkylation sites (tertiary alicyclic amines) is 1. The van der Waals surface area contributed by atoms with E-state index in [2.05, 4.69) is 5.32 Å². The van der Waals surface area contributed by atoms with Crippen LogP contribution >= 0.6 is 0 Å². The molecule has 1 heterocycles. The van der Waals surface area contributed by atoms with Crippen molar-refractivity contribution in [1.29, 1.82) is 0 Å². The molecule has 32 heavy (non-hydrogen) atoms. The fourth-order valence-corrected chi connectivity index (χ4v) is 4.31. The van der Waals surface area contributed by atoms with Crippen LogP contribution in [0.25, 0.3) is 0 Å². The number of rotatable bonds is 6. The zero-order valence-electron chi connectivity index (χ0n) is 17.9. The number of hydrogen-bond acceptors (Lipinski definition) is 2. The van der Waals surface area contributed by atoms with Gasteiger partial charge in [0, 0.05) is 31.1 Å². The number of amides is 2. The van der Waals surface area contributed by atoms with Gasteiger partial charge in [0.25, 0.3) is 0 Å². The number of benzene rings is 3. The summed E-state index contributed by atoms with van der Waals surface area (Å²) >= 11 is 0. The minimum Gasteiger partial charge on any atom is -0.352 e. The Morgan fingerprint density at radius 2 is 1.53 bits per heavy atom. The van der Waals surface area contributed by atoms with Gasteiger partial charge in [-0.3, -0.25) is 9.59 Å². The lowest BCUT2D eigenvalue weighted by Crippen LogP contribution is -2.48. The van der Waals surface area contributed by atoms with Gasteiger partial charge >= 0.3 is 0 Å². The van der Waals surface area contributed by atoms with E-state index in [0.717, 1.165) is 11.1 Å². The molecule has 0 radical (unpaired) electrons. The smallest absolute Gasteiger partial charge is 0.227 e. The van der Waals surface area contributed by atoms with E-state index < -0.39 is 0 Å². The van der Waals surface area contributed by atoms with Crippen LogP contribution in [-0.4, -0.2) is 29.8 Å². The molecular weight excluding hydrogens is 403 g/mol. The van der Waals surface area contributed by atoms with Crippen LogP contribution in [0.5, 0.6) is 0 Å². The van der Waals surface area contributed by atoms with E-state index in [9.17, 15) is 14.0 Å². The Balaban J connectivity index is 1.48. The molecule has 164 valence electrons. The van der Waals surface area contributed by atoms with Crippen LogP contribution in [0.4, 0.5) is 4.39 Å². The van der Waals surface area contributed by atoms with Crippen molar-refractivity contribution in [3.8, 4) is 0 Å². The van der Waals surface area contributed by atoms with Crippen LogP contribution in [-0.2, 0) is 22.6 Å². The Morgan fingerprint density at radius 1 is 0.875 bits per heavy atom. The summed E-state index contributed by atoms with van der Waals surface area (Å²) in [7, 11) is 0. The molecule has 2 atom stereocenters. The lowest BCUT2D eigenvalue weighted by atomic mass is 9.83. The molecule has 1 saturated heterocycles. The molecule has 2 unspecified atom stereocenters. The highest BCUT2D eigenvalue weighted by molar-refractivity contribution is 5.82. The molecule has 0 aliphatic carbocycles. The van der Waals surface area contributed by atoms with Crippen LogP contribution in [0, 0.1) is 11.7 Å². The second-order valence-corrected chi connectivity index (χ2v) is 8.31. The molecule has 1 N–H and O–H groups in total. The van der Waals surface area contributed by atoms with Gasteiger partial charge in [-0.25, -0.2) is 4.39 Å². The van der Waals surface area contributed by atoms with Crippen molar-refractivity contribution in [3.05, 3.63) is 107 Å². The number of nitrogens with one attached hydrogen (secondary N) is 1. The lowest BCUT2D eigenvalue weighted by molar-refractivity contribution is -0.135. The van der Waals surface area contributed by atoms with E-state index in [1.165, 1.54) is 6.07 Å². The Kier molecular flexibility index (Phi) is 6.95. The van der Waals surface area contributed by atoms with Gasteiger partial charge in [-0.1, -0.05) is 78.9 Å². The number of carbonyl (C=O) groups is 2. The zero-order chi connectivity index (χ0) is 22.3. The third-order valence-electron chi connectivity index (χ3n) is 6.05. The van der Waals surface area contributed by atoms with Crippen molar-refractivity contribution in [3.63, 3.8) is 0 Å². The summed E-state index contributed by atoms with van der Waals surface area (Å²) in [5, 5.41) is 2.87. The second kappa shape index (κ2) is 10.2. The van der Waals surface area contributed by atoms with E-state index in [4.69, 9.17) is 0 Å². The van der Waals surface area contributed by atoms with Crippen molar-refractivity contribution in [2.75, 3.05) is 13.1 Å². The fourth-order valence-electron chi connectivity index (χ4n) is 4.31. The first-order valence-electron chi connectivity index (χ1n) is 11.0. The number of hydrogen-bond donors (Lipinski definition) is 1. The van der Waals surface area contributed by atoms with Crippen molar-refractivity contribution in [2.45, 2.75) is 25.3 Å². The molecule has 2 amide bonds. The lowest BCUT2D eigenvalue weighted by Gasteiger charge is -2.37. The molecule has 0 aromatic heterocycles. The average molecular weight is 431 g/mol. The molecule has 0 saturated carbocycles. The van der Waals surface area contributed by atoms with Crippen molar-refractivity contribution in [1.82, 2.24) is 10.2 Å². The first-order chi connectivity index (χ1) is 15.6. The van der Waals surface area contributed by atoms with Gasteiger partial charge in [0.1, 0.15) is 5.82 Å². The minimum absolute atomic E-state index is 0.0173.